The highest BCUT2D eigenvalue weighted by Crippen LogP contribution is 2.22. The molecule has 0 aliphatic carbocycles. The first-order valence-corrected chi connectivity index (χ1v) is 11.3. The van der Waals surface area contributed by atoms with Crippen molar-refractivity contribution in [1.29, 1.82) is 0 Å². The lowest BCUT2D eigenvalue weighted by molar-refractivity contribution is -0.166. The summed E-state index contributed by atoms with van der Waals surface area (Å²) in [7, 11) is 0. The Morgan fingerprint density at radius 2 is 1.48 bits per heavy atom. The van der Waals surface area contributed by atoms with Gasteiger partial charge in [-0.3, -0.25) is 0 Å². The van der Waals surface area contributed by atoms with Gasteiger partial charge in [0, 0.05) is 6.54 Å². The Balaban J connectivity index is 2.51. The van der Waals surface area contributed by atoms with Gasteiger partial charge in [-0.2, -0.15) is 0 Å². The van der Waals surface area contributed by atoms with E-state index in [0.717, 1.165) is 0 Å². The highest BCUT2D eigenvalue weighted by atomic mass is 16.6. The number of carbonyl (C=O) groups excluding carboxylic acids is 4. The number of rotatable bonds is 8. The number of hydrogen-bond acceptors (Lipinski definition) is 9. The summed E-state index contributed by atoms with van der Waals surface area (Å²) in [5.41, 5.74) is 3.21. The fraction of sp³-hybridized carbons (Fsp3) is 0.818. The lowest BCUT2D eigenvalue weighted by atomic mass is 9.88. The van der Waals surface area contributed by atoms with E-state index in [1.54, 1.807) is 41.5 Å². The maximum absolute atomic E-state index is 12.8. The van der Waals surface area contributed by atoms with Crippen LogP contribution in [0.4, 0.5) is 9.59 Å². The largest absolute Gasteiger partial charge is 0.444 e. The molecule has 1 atom stereocenters. The van der Waals surface area contributed by atoms with E-state index in [4.69, 9.17) is 19.9 Å². The van der Waals surface area contributed by atoms with Gasteiger partial charge in [-0.25, -0.2) is 19.2 Å². The van der Waals surface area contributed by atoms with E-state index in [1.807, 2.05) is 0 Å². The number of esters is 2. The highest BCUT2D eigenvalue weighted by Gasteiger charge is 2.44. The molecule has 0 bridgehead atoms. The van der Waals surface area contributed by atoms with Gasteiger partial charge in [-0.05, 0) is 86.7 Å². The van der Waals surface area contributed by atoms with Crippen molar-refractivity contribution in [2.45, 2.75) is 96.4 Å². The molecule has 190 valence electrons. The molecule has 1 rings (SSSR count). The van der Waals surface area contributed by atoms with Gasteiger partial charge in [0.2, 0.25) is 0 Å². The summed E-state index contributed by atoms with van der Waals surface area (Å²) in [5, 5.41) is 8.33. The molecule has 0 aromatic rings. The minimum absolute atomic E-state index is 0.254. The minimum Gasteiger partial charge on any atom is -0.444 e. The van der Waals surface area contributed by atoms with Gasteiger partial charge in [0.15, 0.2) is 0 Å². The van der Waals surface area contributed by atoms with Crippen LogP contribution in [0, 0.1) is 0 Å². The SMILES string of the molecule is CC(C)(C)OC(=O)NCCCC[C@@H](N)C(=O)OC(=O)C1(NC(=O)OC(C)(C)C)CCNCC1. The second-order valence-electron chi connectivity index (χ2n) is 10.2. The Kier molecular flexibility index (Phi) is 10.6. The van der Waals surface area contributed by atoms with Crippen LogP contribution < -0.4 is 21.7 Å². The van der Waals surface area contributed by atoms with Crippen molar-refractivity contribution in [1.82, 2.24) is 16.0 Å². The van der Waals surface area contributed by atoms with Crippen LogP contribution in [0.15, 0.2) is 0 Å². The normalized spacial score (nSPS) is 16.8. The Labute approximate surface area is 195 Å². The molecule has 0 radical (unpaired) electrons. The zero-order chi connectivity index (χ0) is 25.3. The first kappa shape index (κ1) is 28.6. The molecule has 2 amide bonds. The van der Waals surface area contributed by atoms with Crippen molar-refractivity contribution >= 4 is 24.1 Å². The van der Waals surface area contributed by atoms with Crippen molar-refractivity contribution in [2.24, 2.45) is 5.73 Å². The standard InChI is InChI=1S/C22H40N4O7/c1-20(2,3)32-18(29)25-12-8-7-9-15(23)16(27)31-17(28)22(10-13-24-14-11-22)26-19(30)33-21(4,5)6/h15,24H,7-14,23H2,1-6H3,(H,25,29)(H,26,30)/t15-/m1/s1. The summed E-state index contributed by atoms with van der Waals surface area (Å²) in [6, 6.07) is -1.00. The second-order valence-corrected chi connectivity index (χ2v) is 10.2. The van der Waals surface area contributed by atoms with E-state index >= 15 is 0 Å². The van der Waals surface area contributed by atoms with Crippen LogP contribution in [0.1, 0.15) is 73.6 Å². The number of hydrogen-bond donors (Lipinski definition) is 4. The zero-order valence-corrected chi connectivity index (χ0v) is 20.7. The Morgan fingerprint density at radius 3 is 2.03 bits per heavy atom. The summed E-state index contributed by atoms with van der Waals surface area (Å²) < 4.78 is 15.4. The van der Waals surface area contributed by atoms with Crippen molar-refractivity contribution in [3.63, 3.8) is 0 Å². The van der Waals surface area contributed by atoms with E-state index in [2.05, 4.69) is 16.0 Å². The quantitative estimate of drug-likeness (QED) is 0.179. The molecule has 0 unspecified atom stereocenters. The van der Waals surface area contributed by atoms with Gasteiger partial charge >= 0.3 is 24.1 Å². The molecule has 1 saturated heterocycles. The van der Waals surface area contributed by atoms with Crippen molar-refractivity contribution < 1.29 is 33.4 Å². The fourth-order valence-electron chi connectivity index (χ4n) is 3.11. The van der Waals surface area contributed by atoms with Crippen LogP contribution >= 0.6 is 0 Å². The van der Waals surface area contributed by atoms with Gasteiger partial charge in [-0.15, -0.1) is 0 Å². The summed E-state index contributed by atoms with van der Waals surface area (Å²) >= 11 is 0. The van der Waals surface area contributed by atoms with E-state index in [9.17, 15) is 19.2 Å². The number of nitrogens with two attached hydrogens (primary N) is 1. The third-order valence-electron chi connectivity index (χ3n) is 4.69. The van der Waals surface area contributed by atoms with Crippen LogP contribution in [0.3, 0.4) is 0 Å². The molecule has 1 fully saturated rings. The van der Waals surface area contributed by atoms with E-state index in [1.165, 1.54) is 0 Å². The summed E-state index contributed by atoms with van der Waals surface area (Å²) in [6.07, 6.45) is 0.622. The average Bonchev–Trinajstić information content (AvgIpc) is 2.65. The first-order valence-electron chi connectivity index (χ1n) is 11.3. The third kappa shape index (κ3) is 11.3. The topological polar surface area (TPSA) is 158 Å². The fourth-order valence-corrected chi connectivity index (χ4v) is 3.11. The van der Waals surface area contributed by atoms with E-state index in [-0.39, 0.29) is 19.3 Å². The van der Waals surface area contributed by atoms with Crippen LogP contribution in [-0.4, -0.2) is 66.5 Å². The van der Waals surface area contributed by atoms with Crippen LogP contribution in [0.5, 0.6) is 0 Å². The molecule has 1 aliphatic rings. The Bertz CT molecular complexity index is 692. The molecule has 11 heteroatoms. The van der Waals surface area contributed by atoms with Gasteiger partial charge in [0.05, 0.1) is 0 Å². The van der Waals surface area contributed by atoms with Gasteiger partial charge in [0.25, 0.3) is 0 Å². The zero-order valence-electron chi connectivity index (χ0n) is 20.7. The predicted molar refractivity (Wildman–Crippen MR) is 121 cm³/mol. The summed E-state index contributed by atoms with van der Waals surface area (Å²) in [4.78, 5) is 49.1. The smallest absolute Gasteiger partial charge is 0.408 e. The monoisotopic (exact) mass is 472 g/mol. The summed E-state index contributed by atoms with van der Waals surface area (Å²) in [5.74, 6) is -1.70. The maximum atomic E-state index is 12.8. The maximum Gasteiger partial charge on any atom is 0.408 e. The molecule has 11 nitrogen and oxygen atoms in total. The first-order chi connectivity index (χ1) is 15.1. The molecular weight excluding hydrogens is 432 g/mol. The molecule has 5 N–H and O–H groups in total. The van der Waals surface area contributed by atoms with Crippen molar-refractivity contribution in [2.75, 3.05) is 19.6 Å². The Hall–Kier alpha value is -2.40. The van der Waals surface area contributed by atoms with Crippen LogP contribution in [0.25, 0.3) is 0 Å². The molecule has 1 heterocycles. The lowest BCUT2D eigenvalue weighted by Gasteiger charge is -2.36. The molecule has 1 aliphatic heterocycles. The third-order valence-corrected chi connectivity index (χ3v) is 4.69. The van der Waals surface area contributed by atoms with Gasteiger partial charge in [-0.1, -0.05) is 0 Å². The van der Waals surface area contributed by atoms with Gasteiger partial charge < -0.3 is 35.9 Å². The second kappa shape index (κ2) is 12.2. The Morgan fingerprint density at radius 1 is 0.939 bits per heavy atom. The molecule has 0 saturated carbocycles. The molecule has 0 aromatic carbocycles. The van der Waals surface area contributed by atoms with Gasteiger partial charge in [0.1, 0.15) is 22.8 Å². The number of alkyl carbamates (subject to hydrolysis) is 2. The number of nitrogens with one attached hydrogen (secondary N) is 3. The van der Waals surface area contributed by atoms with Crippen LogP contribution in [-0.2, 0) is 23.8 Å². The predicted octanol–water partition coefficient (Wildman–Crippen LogP) is 1.73. The minimum atomic E-state index is -1.36. The highest BCUT2D eigenvalue weighted by molar-refractivity contribution is 5.95. The molecular formula is C22H40N4O7. The summed E-state index contributed by atoms with van der Waals surface area (Å²) in [6.45, 7) is 11.8. The number of piperidine rings is 1. The van der Waals surface area contributed by atoms with Crippen molar-refractivity contribution in [3.05, 3.63) is 0 Å². The number of carbonyl (C=O) groups is 4. The van der Waals surface area contributed by atoms with Crippen LogP contribution in [0.2, 0.25) is 0 Å². The molecule has 0 spiro atoms. The average molecular weight is 473 g/mol. The van der Waals surface area contributed by atoms with E-state index in [0.29, 0.717) is 32.5 Å². The number of ether oxygens (including phenoxy) is 3. The number of unbranched alkanes of at least 4 members (excludes halogenated alkanes) is 1. The lowest BCUT2D eigenvalue weighted by Crippen LogP contribution is -2.61. The molecule has 33 heavy (non-hydrogen) atoms. The van der Waals surface area contributed by atoms with E-state index < -0.39 is 46.9 Å². The van der Waals surface area contributed by atoms with Crippen molar-refractivity contribution in [3.8, 4) is 0 Å². The molecule has 0 aromatic heterocycles. The number of amides is 2.